The van der Waals surface area contributed by atoms with Gasteiger partial charge in [0.25, 0.3) is 5.91 Å². The van der Waals surface area contributed by atoms with Crippen molar-refractivity contribution in [2.45, 2.75) is 6.92 Å². The molecule has 2 aromatic carbocycles. The van der Waals surface area contributed by atoms with Gasteiger partial charge in [-0.1, -0.05) is 42.0 Å². The van der Waals surface area contributed by atoms with Gasteiger partial charge in [-0.05, 0) is 19.1 Å². The summed E-state index contributed by atoms with van der Waals surface area (Å²) in [4.78, 5) is 16.8. The zero-order chi connectivity index (χ0) is 19.4. The summed E-state index contributed by atoms with van der Waals surface area (Å²) in [7, 11) is -3.14. The van der Waals surface area contributed by atoms with Crippen molar-refractivity contribution in [1.82, 2.24) is 10.3 Å². The molecule has 3 rings (SSSR count). The maximum absolute atomic E-state index is 12.5. The number of nitrogens with one attached hydrogen (secondary N) is 1. The second-order valence-corrected chi connectivity index (χ2v) is 8.59. The summed E-state index contributed by atoms with van der Waals surface area (Å²) < 4.78 is 28.3. The van der Waals surface area contributed by atoms with Crippen LogP contribution in [-0.2, 0) is 9.84 Å². The maximum atomic E-state index is 12.5. The Hall–Kier alpha value is -2.93. The number of carbonyl (C=O) groups excluding carboxylic acids is 1. The number of aryl methyl sites for hydroxylation is 1. The van der Waals surface area contributed by atoms with Gasteiger partial charge >= 0.3 is 0 Å². The van der Waals surface area contributed by atoms with Crippen LogP contribution in [0.2, 0.25) is 0 Å². The lowest BCUT2D eigenvalue weighted by Crippen LogP contribution is -2.29. The molecule has 1 heterocycles. The Morgan fingerprint density at radius 3 is 2.52 bits per heavy atom. The van der Waals surface area contributed by atoms with Crippen molar-refractivity contribution in [3.63, 3.8) is 0 Å². The van der Waals surface area contributed by atoms with Crippen molar-refractivity contribution >= 4 is 15.7 Å². The van der Waals surface area contributed by atoms with Crippen LogP contribution in [0.25, 0.3) is 22.8 Å². The number of sulfone groups is 1. The highest BCUT2D eigenvalue weighted by Gasteiger charge is 2.17. The van der Waals surface area contributed by atoms with E-state index in [0.29, 0.717) is 22.8 Å². The minimum absolute atomic E-state index is 0.0478. The van der Waals surface area contributed by atoms with Gasteiger partial charge in [0.15, 0.2) is 5.76 Å². The molecule has 3 aromatic rings. The average molecular weight is 384 g/mol. The van der Waals surface area contributed by atoms with E-state index in [9.17, 15) is 13.2 Å². The third kappa shape index (κ3) is 4.83. The first kappa shape index (κ1) is 18.8. The monoisotopic (exact) mass is 384 g/mol. The van der Waals surface area contributed by atoms with Crippen molar-refractivity contribution in [3.8, 4) is 22.8 Å². The standard InChI is InChI=1S/C20H20N2O4S/c1-14-7-9-15(10-8-14)18-13-22-20(26-18)17-6-4-3-5-16(17)19(23)21-11-12-27(2,24)25/h3-10,13H,11-12H2,1-2H3,(H,21,23). The predicted octanol–water partition coefficient (Wildman–Crippen LogP) is 3.09. The fourth-order valence-electron chi connectivity index (χ4n) is 2.56. The maximum Gasteiger partial charge on any atom is 0.252 e. The Labute approximate surface area is 158 Å². The third-order valence-corrected chi connectivity index (χ3v) is 4.95. The number of amides is 1. The first-order valence-corrected chi connectivity index (χ1v) is 10.5. The quantitative estimate of drug-likeness (QED) is 0.705. The number of carbonyl (C=O) groups is 1. The molecule has 0 fully saturated rings. The van der Waals surface area contributed by atoms with Gasteiger partial charge < -0.3 is 9.73 Å². The number of aromatic nitrogens is 1. The Morgan fingerprint density at radius 2 is 1.81 bits per heavy atom. The van der Waals surface area contributed by atoms with Crippen molar-refractivity contribution in [1.29, 1.82) is 0 Å². The molecule has 1 aromatic heterocycles. The number of rotatable bonds is 6. The lowest BCUT2D eigenvalue weighted by molar-refractivity contribution is 0.0956. The summed E-state index contributed by atoms with van der Waals surface area (Å²) in [6, 6.07) is 14.8. The number of nitrogens with zero attached hydrogens (tertiary/aromatic N) is 1. The zero-order valence-corrected chi connectivity index (χ0v) is 15.9. The third-order valence-electron chi connectivity index (χ3n) is 4.00. The zero-order valence-electron chi connectivity index (χ0n) is 15.1. The molecular formula is C20H20N2O4S. The van der Waals surface area contributed by atoms with E-state index in [2.05, 4.69) is 10.3 Å². The van der Waals surface area contributed by atoms with Gasteiger partial charge in [0.1, 0.15) is 9.84 Å². The van der Waals surface area contributed by atoms with Crippen LogP contribution in [0.4, 0.5) is 0 Å². The fourth-order valence-corrected chi connectivity index (χ4v) is 3.04. The highest BCUT2D eigenvalue weighted by Crippen LogP contribution is 2.28. The summed E-state index contributed by atoms with van der Waals surface area (Å²) in [6.07, 6.45) is 2.75. The molecule has 27 heavy (non-hydrogen) atoms. The smallest absolute Gasteiger partial charge is 0.252 e. The molecule has 1 amide bonds. The second-order valence-electron chi connectivity index (χ2n) is 6.33. The van der Waals surface area contributed by atoms with Crippen LogP contribution >= 0.6 is 0 Å². The van der Waals surface area contributed by atoms with Crippen LogP contribution in [0.1, 0.15) is 15.9 Å². The Kier molecular flexibility index (Phi) is 5.41. The highest BCUT2D eigenvalue weighted by molar-refractivity contribution is 7.90. The van der Waals surface area contributed by atoms with Crippen molar-refractivity contribution in [3.05, 3.63) is 65.9 Å². The van der Waals surface area contributed by atoms with Gasteiger partial charge in [-0.3, -0.25) is 4.79 Å². The molecule has 0 aliphatic rings. The van der Waals surface area contributed by atoms with Gasteiger partial charge in [-0.15, -0.1) is 0 Å². The average Bonchev–Trinajstić information content (AvgIpc) is 3.11. The van der Waals surface area contributed by atoms with Crippen LogP contribution in [0.5, 0.6) is 0 Å². The summed E-state index contributed by atoms with van der Waals surface area (Å²) in [5, 5.41) is 2.62. The Morgan fingerprint density at radius 1 is 1.11 bits per heavy atom. The summed E-state index contributed by atoms with van der Waals surface area (Å²) >= 11 is 0. The van der Waals surface area contributed by atoms with Gasteiger partial charge in [0.05, 0.1) is 17.5 Å². The normalized spacial score (nSPS) is 11.3. The van der Waals surface area contributed by atoms with Crippen molar-refractivity contribution < 1.29 is 17.6 Å². The van der Waals surface area contributed by atoms with Gasteiger partial charge in [-0.2, -0.15) is 0 Å². The molecule has 0 spiro atoms. The molecule has 0 atom stereocenters. The van der Waals surface area contributed by atoms with E-state index in [1.807, 2.05) is 31.2 Å². The largest absolute Gasteiger partial charge is 0.436 e. The van der Waals surface area contributed by atoms with E-state index in [1.165, 1.54) is 0 Å². The summed E-state index contributed by atoms with van der Waals surface area (Å²) in [5.41, 5.74) is 2.97. The summed E-state index contributed by atoms with van der Waals surface area (Å²) in [5.74, 6) is 0.457. The topological polar surface area (TPSA) is 89.3 Å². The molecule has 0 unspecified atom stereocenters. The van der Waals surface area contributed by atoms with E-state index in [1.54, 1.807) is 30.5 Å². The highest BCUT2D eigenvalue weighted by atomic mass is 32.2. The van der Waals surface area contributed by atoms with Crippen LogP contribution in [0, 0.1) is 6.92 Å². The minimum atomic E-state index is -3.14. The Bertz CT molecular complexity index is 1050. The SMILES string of the molecule is Cc1ccc(-c2cnc(-c3ccccc3C(=O)NCCS(C)(=O)=O)o2)cc1. The van der Waals surface area contributed by atoms with Crippen LogP contribution in [0.15, 0.2) is 59.1 Å². The molecule has 7 heteroatoms. The van der Waals surface area contributed by atoms with Crippen LogP contribution in [0.3, 0.4) is 0 Å². The van der Waals surface area contributed by atoms with Crippen LogP contribution < -0.4 is 5.32 Å². The second kappa shape index (κ2) is 7.75. The first-order valence-electron chi connectivity index (χ1n) is 8.42. The van der Waals surface area contributed by atoms with E-state index in [4.69, 9.17) is 4.42 Å². The lowest BCUT2D eigenvalue weighted by atomic mass is 10.1. The first-order chi connectivity index (χ1) is 12.8. The molecule has 0 aliphatic heterocycles. The fraction of sp³-hybridized carbons (Fsp3) is 0.200. The van der Waals surface area contributed by atoms with E-state index < -0.39 is 9.84 Å². The van der Waals surface area contributed by atoms with E-state index >= 15 is 0 Å². The van der Waals surface area contributed by atoms with Gasteiger partial charge in [0, 0.05) is 23.9 Å². The predicted molar refractivity (Wildman–Crippen MR) is 104 cm³/mol. The number of hydrogen-bond acceptors (Lipinski definition) is 5. The van der Waals surface area contributed by atoms with Gasteiger partial charge in [-0.25, -0.2) is 13.4 Å². The molecule has 140 valence electrons. The number of benzene rings is 2. The summed E-state index contributed by atoms with van der Waals surface area (Å²) in [6.45, 7) is 2.06. The van der Waals surface area contributed by atoms with Crippen molar-refractivity contribution in [2.24, 2.45) is 0 Å². The molecule has 0 aliphatic carbocycles. The van der Waals surface area contributed by atoms with E-state index in [-0.39, 0.29) is 18.2 Å². The molecule has 1 N–H and O–H groups in total. The van der Waals surface area contributed by atoms with Crippen LogP contribution in [-0.4, -0.2) is 37.9 Å². The Balaban J connectivity index is 1.84. The van der Waals surface area contributed by atoms with Crippen molar-refractivity contribution in [2.75, 3.05) is 18.6 Å². The van der Waals surface area contributed by atoms with E-state index in [0.717, 1.165) is 17.4 Å². The molecule has 0 saturated carbocycles. The molecular weight excluding hydrogens is 364 g/mol. The lowest BCUT2D eigenvalue weighted by Gasteiger charge is -2.07. The van der Waals surface area contributed by atoms with Gasteiger partial charge in [0.2, 0.25) is 5.89 Å². The number of oxazole rings is 1. The number of hydrogen-bond donors (Lipinski definition) is 1. The molecule has 0 radical (unpaired) electrons. The molecule has 6 nitrogen and oxygen atoms in total. The minimum Gasteiger partial charge on any atom is -0.436 e. The molecule has 0 bridgehead atoms. The molecule has 0 saturated heterocycles.